The number of nitrogens with zero attached hydrogens (tertiary/aromatic N) is 3. The van der Waals surface area contributed by atoms with Gasteiger partial charge in [0.15, 0.2) is 5.96 Å². The molecule has 7 heteroatoms. The molecule has 0 radical (unpaired) electrons. The van der Waals surface area contributed by atoms with Crippen molar-refractivity contribution in [2.45, 2.75) is 46.2 Å². The van der Waals surface area contributed by atoms with E-state index in [4.69, 9.17) is 4.74 Å². The van der Waals surface area contributed by atoms with Gasteiger partial charge in [-0.25, -0.2) is 9.98 Å². The zero-order valence-corrected chi connectivity index (χ0v) is 16.2. The topological polar surface area (TPSA) is 61.8 Å². The first-order chi connectivity index (χ1) is 11.5. The van der Waals surface area contributed by atoms with Crippen molar-refractivity contribution in [2.24, 2.45) is 4.99 Å². The van der Waals surface area contributed by atoms with Crippen LogP contribution in [0.5, 0.6) is 0 Å². The van der Waals surface area contributed by atoms with Crippen molar-refractivity contribution in [3.63, 3.8) is 0 Å². The van der Waals surface area contributed by atoms with Crippen LogP contribution in [0.4, 0.5) is 0 Å². The summed E-state index contributed by atoms with van der Waals surface area (Å²) in [5, 5.41) is 10.1. The molecule has 1 aliphatic heterocycles. The molecule has 0 bridgehead atoms. The lowest BCUT2D eigenvalue weighted by atomic mass is 10.0. The number of aryl methyl sites for hydroxylation is 1. The van der Waals surface area contributed by atoms with Gasteiger partial charge < -0.3 is 15.4 Å². The van der Waals surface area contributed by atoms with Gasteiger partial charge in [0.25, 0.3) is 0 Å². The second-order valence-corrected chi connectivity index (χ2v) is 7.49. The Kier molecular flexibility index (Phi) is 7.45. The Balaban J connectivity index is 1.90. The van der Waals surface area contributed by atoms with Crippen molar-refractivity contribution in [3.05, 3.63) is 16.1 Å². The van der Waals surface area contributed by atoms with Crippen molar-refractivity contribution in [2.75, 3.05) is 39.4 Å². The van der Waals surface area contributed by atoms with Gasteiger partial charge in [-0.3, -0.25) is 4.90 Å². The molecule has 136 valence electrons. The summed E-state index contributed by atoms with van der Waals surface area (Å²) in [5.41, 5.74) is 1.11. The Bertz CT molecular complexity index is 523. The summed E-state index contributed by atoms with van der Waals surface area (Å²) < 4.78 is 5.45. The first kappa shape index (κ1) is 19.1. The smallest absolute Gasteiger partial charge is 0.191 e. The number of rotatable bonds is 7. The summed E-state index contributed by atoms with van der Waals surface area (Å²) in [6.45, 7) is 14.7. The molecule has 1 aromatic rings. The van der Waals surface area contributed by atoms with E-state index in [1.165, 1.54) is 5.01 Å². The van der Waals surface area contributed by atoms with Gasteiger partial charge in [0.05, 0.1) is 30.5 Å². The summed E-state index contributed by atoms with van der Waals surface area (Å²) in [4.78, 5) is 11.7. The van der Waals surface area contributed by atoms with Crippen LogP contribution in [0.25, 0.3) is 0 Å². The Morgan fingerprint density at radius 1 is 1.33 bits per heavy atom. The fourth-order valence-corrected chi connectivity index (χ4v) is 3.40. The van der Waals surface area contributed by atoms with Crippen molar-refractivity contribution in [3.8, 4) is 0 Å². The van der Waals surface area contributed by atoms with Gasteiger partial charge >= 0.3 is 0 Å². The molecule has 0 aliphatic carbocycles. The molecule has 2 rings (SSSR count). The maximum atomic E-state index is 5.45. The highest BCUT2D eigenvalue weighted by molar-refractivity contribution is 7.09. The highest BCUT2D eigenvalue weighted by Crippen LogP contribution is 2.15. The van der Waals surface area contributed by atoms with Crippen LogP contribution >= 0.6 is 11.3 Å². The van der Waals surface area contributed by atoms with Crippen molar-refractivity contribution in [1.29, 1.82) is 0 Å². The Hall–Kier alpha value is -1.18. The Labute approximate surface area is 149 Å². The lowest BCUT2D eigenvalue weighted by molar-refractivity contribution is -0.00834. The third kappa shape index (κ3) is 5.72. The minimum atomic E-state index is 0.0655. The molecule has 0 unspecified atom stereocenters. The first-order valence-electron chi connectivity index (χ1n) is 8.83. The quantitative estimate of drug-likeness (QED) is 0.579. The number of guanidine groups is 1. The number of aliphatic imine (C=N–C) groups is 1. The lowest BCUT2D eigenvalue weighted by Gasteiger charge is -2.41. The second kappa shape index (κ2) is 9.34. The fraction of sp³-hybridized carbons (Fsp3) is 0.765. The van der Waals surface area contributed by atoms with E-state index in [0.717, 1.165) is 57.5 Å². The fourth-order valence-electron chi connectivity index (χ4n) is 2.67. The van der Waals surface area contributed by atoms with Gasteiger partial charge in [-0.15, -0.1) is 11.3 Å². The third-order valence-electron chi connectivity index (χ3n) is 4.20. The highest BCUT2D eigenvalue weighted by atomic mass is 32.1. The average Bonchev–Trinajstić information content (AvgIpc) is 3.06. The molecule has 0 atom stereocenters. The molecule has 24 heavy (non-hydrogen) atoms. The number of morpholine rings is 1. The van der Waals surface area contributed by atoms with Gasteiger partial charge in [-0.1, -0.05) is 6.92 Å². The molecule has 2 heterocycles. The van der Waals surface area contributed by atoms with E-state index in [0.29, 0.717) is 6.54 Å². The monoisotopic (exact) mass is 353 g/mol. The van der Waals surface area contributed by atoms with Crippen molar-refractivity contribution < 1.29 is 4.74 Å². The van der Waals surface area contributed by atoms with Gasteiger partial charge in [-0.2, -0.15) is 0 Å². The summed E-state index contributed by atoms with van der Waals surface area (Å²) in [6.07, 6.45) is 0.987. The van der Waals surface area contributed by atoms with Gasteiger partial charge in [-0.05, 0) is 27.2 Å². The van der Waals surface area contributed by atoms with E-state index < -0.39 is 0 Å². The van der Waals surface area contributed by atoms with Gasteiger partial charge in [0, 0.05) is 37.1 Å². The molecule has 6 nitrogen and oxygen atoms in total. The Morgan fingerprint density at radius 3 is 2.71 bits per heavy atom. The summed E-state index contributed by atoms with van der Waals surface area (Å²) in [7, 11) is 0. The molecule has 0 amide bonds. The summed E-state index contributed by atoms with van der Waals surface area (Å²) >= 11 is 1.71. The molecule has 0 saturated carbocycles. The van der Waals surface area contributed by atoms with Crippen LogP contribution in [0.15, 0.2) is 10.4 Å². The number of nitrogens with one attached hydrogen (secondary N) is 2. The lowest BCUT2D eigenvalue weighted by Crippen LogP contribution is -2.56. The normalized spacial score (nSPS) is 17.1. The van der Waals surface area contributed by atoms with Crippen LogP contribution in [-0.4, -0.2) is 60.8 Å². The number of hydrogen-bond acceptors (Lipinski definition) is 5. The zero-order valence-electron chi connectivity index (χ0n) is 15.4. The van der Waals surface area contributed by atoms with E-state index in [1.54, 1.807) is 11.3 Å². The number of thiazole rings is 1. The average molecular weight is 354 g/mol. The summed E-state index contributed by atoms with van der Waals surface area (Å²) in [6, 6.07) is 0. The Morgan fingerprint density at radius 2 is 2.08 bits per heavy atom. The maximum Gasteiger partial charge on any atom is 0.191 e. The van der Waals surface area contributed by atoms with E-state index >= 15 is 0 Å². The van der Waals surface area contributed by atoms with Crippen LogP contribution in [0.2, 0.25) is 0 Å². The SMILES string of the molecule is CCNC(=NCc1csc(CC)n1)NCC(C)(C)N1CCOCC1. The highest BCUT2D eigenvalue weighted by Gasteiger charge is 2.28. The minimum Gasteiger partial charge on any atom is -0.379 e. The molecule has 1 aromatic heterocycles. The molecular formula is C17H31N5OS. The number of ether oxygens (including phenoxy) is 1. The van der Waals surface area contributed by atoms with Gasteiger partial charge in [0.1, 0.15) is 0 Å². The zero-order chi connectivity index (χ0) is 17.4. The largest absolute Gasteiger partial charge is 0.379 e. The maximum absolute atomic E-state index is 5.45. The van der Waals surface area contributed by atoms with E-state index in [-0.39, 0.29) is 5.54 Å². The van der Waals surface area contributed by atoms with E-state index in [9.17, 15) is 0 Å². The molecule has 1 fully saturated rings. The van der Waals surface area contributed by atoms with Gasteiger partial charge in [0.2, 0.25) is 0 Å². The number of hydrogen-bond donors (Lipinski definition) is 2. The van der Waals surface area contributed by atoms with Crippen LogP contribution in [0.1, 0.15) is 38.4 Å². The standard InChI is InChI=1S/C17H31N5OS/c1-5-15-21-14(12-24-15)11-19-16(18-6-2)20-13-17(3,4)22-7-9-23-10-8-22/h12H,5-11,13H2,1-4H3,(H2,18,19,20). The van der Waals surface area contributed by atoms with Crippen LogP contribution in [0.3, 0.4) is 0 Å². The molecule has 2 N–H and O–H groups in total. The third-order valence-corrected chi connectivity index (χ3v) is 5.24. The summed E-state index contributed by atoms with van der Waals surface area (Å²) in [5.74, 6) is 0.852. The molecule has 0 spiro atoms. The predicted octanol–water partition coefficient (Wildman–Crippen LogP) is 1.87. The van der Waals surface area contributed by atoms with Crippen molar-refractivity contribution in [1.82, 2.24) is 20.5 Å². The molecule has 1 aliphatic rings. The van der Waals surface area contributed by atoms with E-state index in [2.05, 4.69) is 58.6 Å². The molecule has 0 aromatic carbocycles. The van der Waals surface area contributed by atoms with Crippen molar-refractivity contribution >= 4 is 17.3 Å². The second-order valence-electron chi connectivity index (χ2n) is 6.55. The van der Waals surface area contributed by atoms with Crippen LogP contribution in [0, 0.1) is 0 Å². The van der Waals surface area contributed by atoms with E-state index in [1.807, 2.05) is 0 Å². The van der Waals surface area contributed by atoms with Crippen LogP contribution in [-0.2, 0) is 17.7 Å². The minimum absolute atomic E-state index is 0.0655. The molecule has 1 saturated heterocycles. The molecular weight excluding hydrogens is 322 g/mol. The van der Waals surface area contributed by atoms with Crippen LogP contribution < -0.4 is 10.6 Å². The first-order valence-corrected chi connectivity index (χ1v) is 9.71. The predicted molar refractivity (Wildman–Crippen MR) is 101 cm³/mol. The number of aromatic nitrogens is 1.